The van der Waals surface area contributed by atoms with Crippen molar-refractivity contribution in [1.82, 2.24) is 15.6 Å². The molecule has 30 heavy (non-hydrogen) atoms. The van der Waals surface area contributed by atoms with E-state index in [1.165, 1.54) is 42.6 Å². The minimum Gasteiger partial charge on any atom is -0.505 e. The quantitative estimate of drug-likeness (QED) is 0.377. The van der Waals surface area contributed by atoms with Crippen LogP contribution in [0.25, 0.3) is 0 Å². The molecule has 0 atom stereocenters. The van der Waals surface area contributed by atoms with E-state index >= 15 is 0 Å². The summed E-state index contributed by atoms with van der Waals surface area (Å²) in [6.07, 6.45) is 1.16. The lowest BCUT2D eigenvalue weighted by molar-refractivity contribution is -0.120. The normalized spacial score (nSPS) is 10.9. The molecule has 0 saturated carbocycles. The molecular weight excluding hydrogens is 456 g/mol. The Bertz CT molecular complexity index is 1120. The van der Waals surface area contributed by atoms with E-state index in [9.17, 15) is 19.1 Å². The average molecular weight is 468 g/mol. The van der Waals surface area contributed by atoms with Crippen LogP contribution in [0.2, 0.25) is 10.0 Å². The second-order valence-corrected chi connectivity index (χ2v) is 7.61. The van der Waals surface area contributed by atoms with E-state index in [1.54, 1.807) is 0 Å². The van der Waals surface area contributed by atoms with Crippen LogP contribution in [0.1, 0.15) is 20.9 Å². The number of aromatic hydroxyl groups is 1. The smallest absolute Gasteiger partial charge is 0.260 e. The Kier molecular flexibility index (Phi) is 6.93. The van der Waals surface area contributed by atoms with Gasteiger partial charge in [0.1, 0.15) is 10.8 Å². The number of carbonyl (C=O) groups excluding carboxylic acids is 2. The van der Waals surface area contributed by atoms with Gasteiger partial charge in [-0.3, -0.25) is 14.9 Å². The largest absolute Gasteiger partial charge is 0.505 e. The summed E-state index contributed by atoms with van der Waals surface area (Å²) in [7, 11) is 0. The molecule has 0 fully saturated rings. The second-order valence-electron chi connectivity index (χ2n) is 5.74. The first kappa shape index (κ1) is 21.6. The zero-order valence-corrected chi connectivity index (χ0v) is 17.2. The monoisotopic (exact) mass is 467 g/mol. The topological polar surface area (TPSA) is 117 Å². The van der Waals surface area contributed by atoms with Crippen LogP contribution in [-0.2, 0) is 11.2 Å². The lowest BCUT2D eigenvalue weighted by Crippen LogP contribution is -2.19. The molecule has 2 amide bonds. The molecule has 0 unspecified atom stereocenters. The van der Waals surface area contributed by atoms with Crippen molar-refractivity contribution in [2.24, 2.45) is 5.10 Å². The lowest BCUT2D eigenvalue weighted by atomic mass is 10.2. The number of amides is 2. The third-order valence-electron chi connectivity index (χ3n) is 3.56. The first-order valence-corrected chi connectivity index (χ1v) is 9.79. The number of phenols is 1. The number of anilines is 1. The molecule has 2 aromatic carbocycles. The van der Waals surface area contributed by atoms with E-state index in [0.717, 1.165) is 11.3 Å². The molecule has 0 aliphatic carbocycles. The fourth-order valence-electron chi connectivity index (χ4n) is 2.20. The molecule has 1 aromatic heterocycles. The van der Waals surface area contributed by atoms with Crippen molar-refractivity contribution < 1.29 is 19.1 Å². The first-order valence-electron chi connectivity index (χ1n) is 8.21. The maximum atomic E-state index is 13.6. The summed E-state index contributed by atoms with van der Waals surface area (Å²) in [4.78, 5) is 24.0. The Morgan fingerprint density at radius 3 is 2.60 bits per heavy atom. The number of nitrogens with zero attached hydrogens (tertiary/aromatic N) is 3. The van der Waals surface area contributed by atoms with E-state index in [4.69, 9.17) is 23.2 Å². The van der Waals surface area contributed by atoms with Crippen LogP contribution in [0, 0.1) is 5.82 Å². The molecular formula is C18H12Cl2FN5O3S. The molecule has 154 valence electrons. The number of aromatic nitrogens is 2. The highest BCUT2D eigenvalue weighted by Gasteiger charge is 2.15. The number of benzene rings is 2. The van der Waals surface area contributed by atoms with Gasteiger partial charge in [0.2, 0.25) is 11.0 Å². The van der Waals surface area contributed by atoms with Crippen molar-refractivity contribution in [1.29, 1.82) is 0 Å². The summed E-state index contributed by atoms with van der Waals surface area (Å²) in [5.74, 6) is -2.05. The highest BCUT2D eigenvalue weighted by molar-refractivity contribution is 7.15. The minimum absolute atomic E-state index is 0.0501. The molecule has 3 rings (SSSR count). The van der Waals surface area contributed by atoms with Crippen LogP contribution < -0.4 is 10.7 Å². The highest BCUT2D eigenvalue weighted by Crippen LogP contribution is 2.32. The number of carbonyl (C=O) groups is 2. The number of hydrazone groups is 1. The maximum Gasteiger partial charge on any atom is 0.260 e. The SMILES string of the molecule is O=C(Cc1nnc(NC(=O)c2ccccc2F)s1)NN=Cc1cc(Cl)c(O)c(Cl)c1. The molecule has 0 saturated heterocycles. The predicted octanol–water partition coefficient (Wildman–Crippen LogP) is 3.63. The van der Waals surface area contributed by atoms with Crippen LogP contribution in [0.5, 0.6) is 5.75 Å². The maximum absolute atomic E-state index is 13.6. The number of rotatable bonds is 6. The summed E-state index contributed by atoms with van der Waals surface area (Å²) < 4.78 is 13.6. The van der Waals surface area contributed by atoms with Crippen LogP contribution in [0.4, 0.5) is 9.52 Å². The van der Waals surface area contributed by atoms with Crippen molar-refractivity contribution in [3.63, 3.8) is 0 Å². The zero-order chi connectivity index (χ0) is 21.7. The van der Waals surface area contributed by atoms with Gasteiger partial charge in [-0.1, -0.05) is 46.7 Å². The predicted molar refractivity (Wildman–Crippen MR) is 112 cm³/mol. The van der Waals surface area contributed by atoms with Gasteiger partial charge in [0.25, 0.3) is 5.91 Å². The summed E-state index contributed by atoms with van der Waals surface area (Å²) in [6.45, 7) is 0. The molecule has 3 N–H and O–H groups in total. The number of halogens is 3. The van der Waals surface area contributed by atoms with Gasteiger partial charge in [0.05, 0.1) is 28.2 Å². The van der Waals surface area contributed by atoms with Gasteiger partial charge in [-0.05, 0) is 29.8 Å². The molecule has 8 nitrogen and oxygen atoms in total. The second kappa shape index (κ2) is 9.61. The zero-order valence-electron chi connectivity index (χ0n) is 14.9. The van der Waals surface area contributed by atoms with Gasteiger partial charge in [-0.2, -0.15) is 5.10 Å². The molecule has 0 bridgehead atoms. The van der Waals surface area contributed by atoms with Gasteiger partial charge < -0.3 is 5.11 Å². The van der Waals surface area contributed by atoms with Crippen LogP contribution >= 0.6 is 34.5 Å². The standard InChI is InChI=1S/C18H12Cl2FN5O3S/c19-11-5-9(6-12(20)16(11)28)8-22-24-14(27)7-15-25-26-18(30-15)23-17(29)10-3-1-2-4-13(10)21/h1-6,8,28H,7H2,(H,24,27)(H,23,26,29). The fourth-order valence-corrected chi connectivity index (χ4v) is 3.44. The molecule has 0 aliphatic heterocycles. The first-order chi connectivity index (χ1) is 14.3. The Labute approximate surface area is 183 Å². The van der Waals surface area contributed by atoms with E-state index in [0.29, 0.717) is 10.6 Å². The molecule has 0 aliphatic rings. The van der Waals surface area contributed by atoms with Crippen molar-refractivity contribution in [3.05, 3.63) is 68.4 Å². The molecule has 0 spiro atoms. The summed E-state index contributed by atoms with van der Waals surface area (Å²) in [5, 5.41) is 23.8. The number of hydrogen-bond donors (Lipinski definition) is 3. The molecule has 1 heterocycles. The third kappa shape index (κ3) is 5.50. The minimum atomic E-state index is -0.670. The highest BCUT2D eigenvalue weighted by atomic mass is 35.5. The van der Waals surface area contributed by atoms with E-state index in [2.05, 4.69) is 26.0 Å². The molecule has 3 aromatic rings. The van der Waals surface area contributed by atoms with Crippen molar-refractivity contribution in [3.8, 4) is 5.75 Å². The van der Waals surface area contributed by atoms with Gasteiger partial charge >= 0.3 is 0 Å². The van der Waals surface area contributed by atoms with Gasteiger partial charge in [0, 0.05) is 0 Å². The molecule has 0 radical (unpaired) electrons. The van der Waals surface area contributed by atoms with Gasteiger partial charge in [-0.25, -0.2) is 9.82 Å². The van der Waals surface area contributed by atoms with Crippen molar-refractivity contribution in [2.45, 2.75) is 6.42 Å². The van der Waals surface area contributed by atoms with E-state index in [1.807, 2.05) is 0 Å². The van der Waals surface area contributed by atoms with Crippen LogP contribution in [-0.4, -0.2) is 33.3 Å². The fraction of sp³-hybridized carbons (Fsp3) is 0.0556. The van der Waals surface area contributed by atoms with Gasteiger partial charge in [0.15, 0.2) is 5.75 Å². The van der Waals surface area contributed by atoms with E-state index in [-0.39, 0.29) is 32.9 Å². The number of nitrogens with one attached hydrogen (secondary N) is 2. The molecule has 12 heteroatoms. The van der Waals surface area contributed by atoms with Crippen molar-refractivity contribution in [2.75, 3.05) is 5.32 Å². The van der Waals surface area contributed by atoms with Gasteiger partial charge in [-0.15, -0.1) is 10.2 Å². The van der Waals surface area contributed by atoms with E-state index < -0.39 is 17.6 Å². The van der Waals surface area contributed by atoms with Crippen LogP contribution in [0.3, 0.4) is 0 Å². The number of hydrogen-bond acceptors (Lipinski definition) is 7. The Hall–Kier alpha value is -3.08. The Morgan fingerprint density at radius 2 is 1.90 bits per heavy atom. The summed E-state index contributed by atoms with van der Waals surface area (Å²) in [6, 6.07) is 8.37. The number of phenolic OH excluding ortho intramolecular Hbond substituents is 1. The summed E-state index contributed by atoms with van der Waals surface area (Å²) >= 11 is 12.6. The lowest BCUT2D eigenvalue weighted by Gasteiger charge is -2.02. The average Bonchev–Trinajstić information content (AvgIpc) is 3.12. The van der Waals surface area contributed by atoms with Crippen LogP contribution in [0.15, 0.2) is 41.5 Å². The Balaban J connectivity index is 1.55. The Morgan fingerprint density at radius 1 is 1.20 bits per heavy atom. The third-order valence-corrected chi connectivity index (χ3v) is 4.97. The van der Waals surface area contributed by atoms with Crippen molar-refractivity contribution >= 4 is 57.7 Å². The summed E-state index contributed by atoms with van der Waals surface area (Å²) in [5.41, 5.74) is 2.64.